The van der Waals surface area contributed by atoms with E-state index in [4.69, 9.17) is 4.74 Å². The van der Waals surface area contributed by atoms with Gasteiger partial charge in [0.2, 0.25) is 5.91 Å². The van der Waals surface area contributed by atoms with Crippen molar-refractivity contribution in [3.63, 3.8) is 0 Å². The van der Waals surface area contributed by atoms with Gasteiger partial charge in [0.25, 0.3) is 0 Å². The van der Waals surface area contributed by atoms with Crippen LogP contribution in [0.1, 0.15) is 5.56 Å². The molecule has 0 spiro atoms. The number of nitrogens with zero attached hydrogens (tertiary/aromatic N) is 2. The van der Waals surface area contributed by atoms with E-state index in [-0.39, 0.29) is 24.7 Å². The number of ether oxygens (including phenoxy) is 1. The summed E-state index contributed by atoms with van der Waals surface area (Å²) in [5.74, 6) is -0.00474. The number of benzene rings is 1. The van der Waals surface area contributed by atoms with Gasteiger partial charge in [0.1, 0.15) is 6.61 Å². The Morgan fingerprint density at radius 1 is 1.33 bits per heavy atom. The quantitative estimate of drug-likeness (QED) is 0.891. The lowest BCUT2D eigenvalue weighted by Crippen LogP contribution is -2.50. The Morgan fingerprint density at radius 2 is 2.29 bits per heavy atom. The van der Waals surface area contributed by atoms with Crippen LogP contribution in [0, 0.1) is 0 Å². The summed E-state index contributed by atoms with van der Waals surface area (Å²) in [4.78, 5) is 18.0. The highest BCUT2D eigenvalue weighted by Gasteiger charge is 2.37. The summed E-state index contributed by atoms with van der Waals surface area (Å²) in [5, 5.41) is 4.17. The van der Waals surface area contributed by atoms with E-state index >= 15 is 0 Å². The van der Waals surface area contributed by atoms with E-state index in [1.54, 1.807) is 0 Å². The third-order valence-corrected chi connectivity index (χ3v) is 4.19. The summed E-state index contributed by atoms with van der Waals surface area (Å²) in [6, 6.07) is 10.5. The number of nitrogens with one attached hydrogen (secondary N) is 1. The number of hydrogen-bond acceptors (Lipinski definition) is 4. The first-order valence-corrected chi connectivity index (χ1v) is 7.25. The summed E-state index contributed by atoms with van der Waals surface area (Å²) >= 11 is 0. The summed E-state index contributed by atoms with van der Waals surface area (Å²) in [6.45, 7) is 2.78. The normalized spacial score (nSPS) is 25.8. The van der Waals surface area contributed by atoms with Crippen molar-refractivity contribution in [1.82, 2.24) is 15.2 Å². The van der Waals surface area contributed by atoms with E-state index in [9.17, 15) is 4.79 Å². The molecule has 0 unspecified atom stereocenters. The van der Waals surface area contributed by atoms with Gasteiger partial charge >= 0.3 is 0 Å². The molecule has 5 heteroatoms. The lowest BCUT2D eigenvalue weighted by Gasteiger charge is -2.25. The van der Waals surface area contributed by atoms with Gasteiger partial charge in [0.15, 0.2) is 0 Å². The number of amides is 1. The first-order valence-electron chi connectivity index (χ1n) is 7.25. The van der Waals surface area contributed by atoms with Crippen molar-refractivity contribution >= 4 is 16.8 Å². The number of aromatic nitrogens is 1. The van der Waals surface area contributed by atoms with Gasteiger partial charge in [-0.2, -0.15) is 0 Å². The fourth-order valence-electron chi connectivity index (χ4n) is 3.20. The topological polar surface area (TPSA) is 54.5 Å². The number of rotatable bonds is 2. The molecule has 2 fully saturated rings. The van der Waals surface area contributed by atoms with Gasteiger partial charge in [-0.05, 0) is 23.8 Å². The molecule has 2 aliphatic heterocycles. The summed E-state index contributed by atoms with van der Waals surface area (Å²) in [6.07, 6.45) is 1.94. The van der Waals surface area contributed by atoms with E-state index in [0.717, 1.165) is 30.5 Å². The average Bonchev–Trinajstić information content (AvgIpc) is 2.88. The minimum absolute atomic E-state index is 0.00474. The Hall–Kier alpha value is -1.98. The summed E-state index contributed by atoms with van der Waals surface area (Å²) in [5.41, 5.74) is 2.28. The predicted molar refractivity (Wildman–Crippen MR) is 78.7 cm³/mol. The van der Waals surface area contributed by atoms with Crippen molar-refractivity contribution in [3.8, 4) is 0 Å². The molecule has 5 nitrogen and oxygen atoms in total. The van der Waals surface area contributed by atoms with Gasteiger partial charge < -0.3 is 10.1 Å². The minimum atomic E-state index is -0.00474. The highest BCUT2D eigenvalue weighted by Crippen LogP contribution is 2.20. The van der Waals surface area contributed by atoms with Crippen LogP contribution in [-0.2, 0) is 16.1 Å². The Labute approximate surface area is 122 Å². The molecule has 0 saturated carbocycles. The van der Waals surface area contributed by atoms with E-state index in [1.807, 2.05) is 12.3 Å². The van der Waals surface area contributed by atoms with Crippen molar-refractivity contribution in [2.75, 3.05) is 19.7 Å². The first kappa shape index (κ1) is 12.7. The number of pyridine rings is 1. The van der Waals surface area contributed by atoms with Crippen LogP contribution < -0.4 is 5.32 Å². The van der Waals surface area contributed by atoms with E-state index < -0.39 is 0 Å². The van der Waals surface area contributed by atoms with Gasteiger partial charge in [-0.25, -0.2) is 0 Å². The van der Waals surface area contributed by atoms with Gasteiger partial charge in [-0.3, -0.25) is 14.7 Å². The molecular weight excluding hydrogens is 266 g/mol. The van der Waals surface area contributed by atoms with Crippen LogP contribution in [0.25, 0.3) is 10.9 Å². The monoisotopic (exact) mass is 283 g/mol. The molecule has 21 heavy (non-hydrogen) atoms. The number of fused-ring (bicyclic) bond motifs is 2. The maximum absolute atomic E-state index is 11.4. The summed E-state index contributed by atoms with van der Waals surface area (Å²) < 4.78 is 5.59. The van der Waals surface area contributed by atoms with Crippen molar-refractivity contribution in [2.24, 2.45) is 0 Å². The minimum Gasteiger partial charge on any atom is -0.365 e. The van der Waals surface area contributed by atoms with Gasteiger partial charge in [-0.15, -0.1) is 0 Å². The second kappa shape index (κ2) is 5.09. The maximum Gasteiger partial charge on any atom is 0.246 e. The zero-order chi connectivity index (χ0) is 14.2. The highest BCUT2D eigenvalue weighted by atomic mass is 16.5. The molecule has 1 N–H and O–H groups in total. The van der Waals surface area contributed by atoms with Crippen molar-refractivity contribution in [1.29, 1.82) is 0 Å². The van der Waals surface area contributed by atoms with Crippen LogP contribution in [0.5, 0.6) is 0 Å². The van der Waals surface area contributed by atoms with Crippen LogP contribution in [0.15, 0.2) is 36.5 Å². The molecule has 1 amide bonds. The maximum atomic E-state index is 11.4. The van der Waals surface area contributed by atoms with E-state index in [1.165, 1.54) is 5.56 Å². The zero-order valence-corrected chi connectivity index (χ0v) is 11.7. The number of likely N-dealkylation sites (tertiary alicyclic amines) is 1. The van der Waals surface area contributed by atoms with Crippen molar-refractivity contribution < 1.29 is 9.53 Å². The third kappa shape index (κ3) is 2.50. The SMILES string of the molecule is O=C1CO[C@H]2CN(Cc3ccc4ncccc4c3)C[C@@H]2N1. The van der Waals surface area contributed by atoms with E-state index in [0.29, 0.717) is 0 Å². The standard InChI is InChI=1S/C16H17N3O2/c20-16-10-21-15-9-19(8-14(15)18-16)7-11-3-4-13-12(6-11)2-1-5-17-13/h1-6,14-15H,7-10H2,(H,18,20)/t14-,15-/m0/s1. The van der Waals surface area contributed by atoms with Crippen molar-refractivity contribution in [2.45, 2.75) is 18.7 Å². The molecule has 2 aliphatic rings. The highest BCUT2D eigenvalue weighted by molar-refractivity contribution is 5.79. The van der Waals surface area contributed by atoms with Crippen LogP contribution in [-0.4, -0.2) is 47.6 Å². The molecule has 1 aromatic heterocycles. The van der Waals surface area contributed by atoms with Gasteiger partial charge in [0.05, 0.1) is 17.7 Å². The van der Waals surface area contributed by atoms with Crippen LogP contribution in [0.4, 0.5) is 0 Å². The third-order valence-electron chi connectivity index (χ3n) is 4.19. The molecule has 108 valence electrons. The van der Waals surface area contributed by atoms with Crippen molar-refractivity contribution in [3.05, 3.63) is 42.1 Å². The summed E-state index contributed by atoms with van der Waals surface area (Å²) in [7, 11) is 0. The Kier molecular flexibility index (Phi) is 3.09. The fourth-order valence-corrected chi connectivity index (χ4v) is 3.20. The molecule has 4 rings (SSSR count). The van der Waals surface area contributed by atoms with Crippen LogP contribution in [0.3, 0.4) is 0 Å². The molecule has 2 atom stereocenters. The lowest BCUT2D eigenvalue weighted by molar-refractivity contribution is -0.134. The Balaban J connectivity index is 1.49. The van der Waals surface area contributed by atoms with E-state index in [2.05, 4.69) is 39.5 Å². The second-order valence-electron chi connectivity index (χ2n) is 5.75. The smallest absolute Gasteiger partial charge is 0.246 e. The molecule has 2 saturated heterocycles. The largest absolute Gasteiger partial charge is 0.365 e. The average molecular weight is 283 g/mol. The number of carbonyl (C=O) groups excluding carboxylic acids is 1. The molecule has 0 aliphatic carbocycles. The zero-order valence-electron chi connectivity index (χ0n) is 11.7. The number of carbonyl (C=O) groups is 1. The predicted octanol–water partition coefficient (Wildman–Crippen LogP) is 0.934. The lowest BCUT2D eigenvalue weighted by atomic mass is 10.1. The van der Waals surface area contributed by atoms with Crippen LogP contribution in [0.2, 0.25) is 0 Å². The van der Waals surface area contributed by atoms with Crippen LogP contribution >= 0.6 is 0 Å². The first-order chi connectivity index (χ1) is 10.3. The molecule has 1 aromatic carbocycles. The van der Waals surface area contributed by atoms with Gasteiger partial charge in [0, 0.05) is 31.2 Å². The molecule has 2 aromatic rings. The number of hydrogen-bond donors (Lipinski definition) is 1. The Bertz CT molecular complexity index is 688. The molecule has 3 heterocycles. The molecule has 0 radical (unpaired) electrons. The second-order valence-corrected chi connectivity index (χ2v) is 5.75. The van der Waals surface area contributed by atoms with Gasteiger partial charge in [-0.1, -0.05) is 12.1 Å². The fraction of sp³-hybridized carbons (Fsp3) is 0.375. The number of morpholine rings is 1. The Morgan fingerprint density at radius 3 is 3.24 bits per heavy atom. The molecular formula is C16H17N3O2. The molecule has 0 bridgehead atoms.